The van der Waals surface area contributed by atoms with Crippen LogP contribution >= 0.6 is 0 Å². The number of amides is 1. The molecule has 4 heteroatoms. The molecule has 4 nitrogen and oxygen atoms in total. The molecule has 88 valence electrons. The zero-order valence-electron chi connectivity index (χ0n) is 9.41. The Morgan fingerprint density at radius 1 is 1.53 bits per heavy atom. The van der Waals surface area contributed by atoms with Gasteiger partial charge in [-0.2, -0.15) is 0 Å². The van der Waals surface area contributed by atoms with Crippen molar-refractivity contribution in [2.24, 2.45) is 11.7 Å². The number of carbonyl (C=O) groups excluding carboxylic acids is 1. The van der Waals surface area contributed by atoms with E-state index >= 15 is 0 Å². The molecule has 1 aliphatic carbocycles. The maximum Gasteiger partial charge on any atom is 0.223 e. The van der Waals surface area contributed by atoms with Crippen LogP contribution in [-0.2, 0) is 4.79 Å². The van der Waals surface area contributed by atoms with Crippen LogP contribution in [0.4, 0.5) is 0 Å². The summed E-state index contributed by atoms with van der Waals surface area (Å²) < 4.78 is 0. The number of aliphatic hydroxyl groups excluding tert-OH is 1. The minimum absolute atomic E-state index is 0.0198. The molecule has 0 aliphatic heterocycles. The van der Waals surface area contributed by atoms with Crippen LogP contribution in [0.15, 0.2) is 0 Å². The minimum atomic E-state index is -0.368. The second-order valence-electron chi connectivity index (χ2n) is 4.45. The number of nitrogens with one attached hydrogen (secondary N) is 1. The zero-order valence-corrected chi connectivity index (χ0v) is 9.41. The van der Waals surface area contributed by atoms with Gasteiger partial charge in [-0.1, -0.05) is 19.8 Å². The molecule has 0 heterocycles. The van der Waals surface area contributed by atoms with Crippen molar-refractivity contribution in [3.05, 3.63) is 0 Å². The van der Waals surface area contributed by atoms with Crippen molar-refractivity contribution in [2.45, 2.75) is 51.2 Å². The van der Waals surface area contributed by atoms with Gasteiger partial charge < -0.3 is 16.2 Å². The van der Waals surface area contributed by atoms with E-state index in [4.69, 9.17) is 5.73 Å². The van der Waals surface area contributed by atoms with Gasteiger partial charge in [0.15, 0.2) is 0 Å². The molecule has 3 atom stereocenters. The highest BCUT2D eigenvalue weighted by Crippen LogP contribution is 2.18. The van der Waals surface area contributed by atoms with Crippen LogP contribution in [0.3, 0.4) is 0 Å². The SMILES string of the molecule is CC(CCN)C(=O)N[C@@H]1CCCC[C@H]1O. The third kappa shape index (κ3) is 3.80. The number of hydrogen-bond donors (Lipinski definition) is 3. The first kappa shape index (κ1) is 12.5. The normalized spacial score (nSPS) is 28.5. The van der Waals surface area contributed by atoms with Crippen molar-refractivity contribution in [3.63, 3.8) is 0 Å². The van der Waals surface area contributed by atoms with Gasteiger partial charge in [0.25, 0.3) is 0 Å². The van der Waals surface area contributed by atoms with Crippen LogP contribution in [0.1, 0.15) is 39.0 Å². The molecule has 0 saturated heterocycles. The number of rotatable bonds is 4. The Kier molecular flexibility index (Phi) is 5.05. The van der Waals surface area contributed by atoms with Gasteiger partial charge in [-0.05, 0) is 25.8 Å². The maximum atomic E-state index is 11.7. The summed E-state index contributed by atoms with van der Waals surface area (Å²) in [7, 11) is 0. The van der Waals surface area contributed by atoms with Crippen molar-refractivity contribution in [1.29, 1.82) is 0 Å². The van der Waals surface area contributed by atoms with Crippen LogP contribution < -0.4 is 11.1 Å². The fraction of sp³-hybridized carbons (Fsp3) is 0.909. The van der Waals surface area contributed by atoms with E-state index < -0.39 is 0 Å². The van der Waals surface area contributed by atoms with Crippen molar-refractivity contribution < 1.29 is 9.90 Å². The molecule has 15 heavy (non-hydrogen) atoms. The second kappa shape index (κ2) is 6.08. The Balaban J connectivity index is 2.35. The van der Waals surface area contributed by atoms with Gasteiger partial charge in [-0.3, -0.25) is 4.79 Å². The fourth-order valence-electron chi connectivity index (χ4n) is 1.99. The van der Waals surface area contributed by atoms with E-state index in [1.165, 1.54) is 0 Å². The lowest BCUT2D eigenvalue weighted by atomic mass is 9.92. The molecule has 1 saturated carbocycles. The molecule has 1 unspecified atom stereocenters. The van der Waals surface area contributed by atoms with Crippen LogP contribution in [0.2, 0.25) is 0 Å². The lowest BCUT2D eigenvalue weighted by Gasteiger charge is -2.29. The van der Waals surface area contributed by atoms with Crippen molar-refractivity contribution >= 4 is 5.91 Å². The molecule has 0 spiro atoms. The molecule has 4 N–H and O–H groups in total. The van der Waals surface area contributed by atoms with Gasteiger partial charge >= 0.3 is 0 Å². The van der Waals surface area contributed by atoms with Gasteiger partial charge in [0, 0.05) is 5.92 Å². The summed E-state index contributed by atoms with van der Waals surface area (Å²) in [6.45, 7) is 2.40. The first-order valence-electron chi connectivity index (χ1n) is 5.83. The Labute approximate surface area is 91.2 Å². The van der Waals surface area contributed by atoms with Crippen LogP contribution in [0, 0.1) is 5.92 Å². The highest BCUT2D eigenvalue weighted by Gasteiger charge is 2.25. The second-order valence-corrected chi connectivity index (χ2v) is 4.45. The molecule has 0 radical (unpaired) electrons. The van der Waals surface area contributed by atoms with Crippen molar-refractivity contribution in [2.75, 3.05) is 6.54 Å². The first-order chi connectivity index (χ1) is 7.15. The van der Waals surface area contributed by atoms with E-state index in [0.29, 0.717) is 13.0 Å². The lowest BCUT2D eigenvalue weighted by molar-refractivity contribution is -0.126. The molecule has 1 aliphatic rings. The van der Waals surface area contributed by atoms with E-state index in [0.717, 1.165) is 25.7 Å². The highest BCUT2D eigenvalue weighted by atomic mass is 16.3. The van der Waals surface area contributed by atoms with Crippen LogP contribution in [-0.4, -0.2) is 29.7 Å². The van der Waals surface area contributed by atoms with Crippen molar-refractivity contribution in [3.8, 4) is 0 Å². The van der Waals surface area contributed by atoms with Crippen molar-refractivity contribution in [1.82, 2.24) is 5.32 Å². The zero-order chi connectivity index (χ0) is 11.3. The average molecular weight is 214 g/mol. The number of hydrogen-bond acceptors (Lipinski definition) is 3. The molecular formula is C11H22N2O2. The summed E-state index contributed by atoms with van der Waals surface area (Å²) in [6, 6.07) is -0.0496. The smallest absolute Gasteiger partial charge is 0.223 e. The molecular weight excluding hydrogens is 192 g/mol. The van der Waals surface area contributed by atoms with Crippen LogP contribution in [0.5, 0.6) is 0 Å². The molecule has 1 rings (SSSR count). The average Bonchev–Trinajstić information content (AvgIpc) is 2.21. The third-order valence-corrected chi connectivity index (χ3v) is 3.10. The Bertz CT molecular complexity index is 209. The minimum Gasteiger partial charge on any atom is -0.391 e. The molecule has 0 aromatic rings. The summed E-state index contributed by atoms with van der Waals surface area (Å²) in [5, 5.41) is 12.6. The van der Waals surface area contributed by atoms with Gasteiger partial charge in [-0.25, -0.2) is 0 Å². The highest BCUT2D eigenvalue weighted by molar-refractivity contribution is 5.78. The predicted octanol–water partition coefficient (Wildman–Crippen LogP) is 0.391. The topological polar surface area (TPSA) is 75.4 Å². The predicted molar refractivity (Wildman–Crippen MR) is 59.2 cm³/mol. The lowest BCUT2D eigenvalue weighted by Crippen LogP contribution is -2.47. The van der Waals surface area contributed by atoms with Gasteiger partial charge in [0.1, 0.15) is 0 Å². The summed E-state index contributed by atoms with van der Waals surface area (Å²) in [5.74, 6) is -0.0319. The molecule has 0 aromatic carbocycles. The summed E-state index contributed by atoms with van der Waals surface area (Å²) in [6.07, 6.45) is 4.18. The monoisotopic (exact) mass is 214 g/mol. The van der Waals surface area contributed by atoms with E-state index in [2.05, 4.69) is 5.32 Å². The molecule has 1 fully saturated rings. The van der Waals surface area contributed by atoms with E-state index in [9.17, 15) is 9.90 Å². The Hall–Kier alpha value is -0.610. The summed E-state index contributed by atoms with van der Waals surface area (Å²) >= 11 is 0. The van der Waals surface area contributed by atoms with E-state index in [-0.39, 0.29) is 24.0 Å². The third-order valence-electron chi connectivity index (χ3n) is 3.10. The maximum absolute atomic E-state index is 11.7. The molecule has 0 bridgehead atoms. The number of nitrogens with two attached hydrogens (primary N) is 1. The van der Waals surface area contributed by atoms with Crippen LogP contribution in [0.25, 0.3) is 0 Å². The van der Waals surface area contributed by atoms with Gasteiger partial charge in [0.2, 0.25) is 5.91 Å². The Morgan fingerprint density at radius 3 is 2.80 bits per heavy atom. The molecule has 1 amide bonds. The number of carbonyl (C=O) groups is 1. The standard InChI is InChI=1S/C11H22N2O2/c1-8(6-7-12)11(15)13-9-4-2-3-5-10(9)14/h8-10,14H,2-7,12H2,1H3,(H,13,15)/t8?,9-,10-/m1/s1. The largest absolute Gasteiger partial charge is 0.391 e. The van der Waals surface area contributed by atoms with E-state index in [1.807, 2.05) is 6.92 Å². The van der Waals surface area contributed by atoms with E-state index in [1.54, 1.807) is 0 Å². The Morgan fingerprint density at radius 2 is 2.20 bits per heavy atom. The quantitative estimate of drug-likeness (QED) is 0.633. The number of aliphatic hydroxyl groups is 1. The first-order valence-corrected chi connectivity index (χ1v) is 5.83. The van der Waals surface area contributed by atoms with Gasteiger partial charge in [-0.15, -0.1) is 0 Å². The summed E-state index contributed by atoms with van der Waals surface area (Å²) in [5.41, 5.74) is 5.40. The fourth-order valence-corrected chi connectivity index (χ4v) is 1.99. The summed E-state index contributed by atoms with van der Waals surface area (Å²) in [4.78, 5) is 11.7. The van der Waals surface area contributed by atoms with Gasteiger partial charge in [0.05, 0.1) is 12.1 Å². The molecule has 0 aromatic heterocycles.